The Morgan fingerprint density at radius 2 is 1.53 bits per heavy atom. The Kier molecular flexibility index (Phi) is 5.68. The van der Waals surface area contributed by atoms with Crippen LogP contribution >= 0.6 is 0 Å². The molecule has 2 aromatic carbocycles. The highest BCUT2D eigenvalue weighted by Crippen LogP contribution is 2.37. The van der Waals surface area contributed by atoms with E-state index >= 15 is 8.78 Å². The highest BCUT2D eigenvalue weighted by molar-refractivity contribution is 6.20. The Labute approximate surface area is 205 Å². The van der Waals surface area contributed by atoms with Crippen molar-refractivity contribution in [3.05, 3.63) is 83.7 Å². The van der Waals surface area contributed by atoms with Crippen molar-refractivity contribution < 1.29 is 23.2 Å². The van der Waals surface area contributed by atoms with Crippen LogP contribution in [0.3, 0.4) is 0 Å². The van der Waals surface area contributed by atoms with Gasteiger partial charge in [-0.15, -0.1) is 0 Å². The largest absolute Gasteiger partial charge is 0.332 e. The Morgan fingerprint density at radius 1 is 0.889 bits per heavy atom. The van der Waals surface area contributed by atoms with Gasteiger partial charge >= 0.3 is 6.03 Å². The Hall–Kier alpha value is -4.65. The van der Waals surface area contributed by atoms with Crippen LogP contribution in [-0.4, -0.2) is 51.3 Å². The number of halogens is 2. The van der Waals surface area contributed by atoms with Crippen molar-refractivity contribution >= 4 is 29.5 Å². The van der Waals surface area contributed by atoms with Crippen molar-refractivity contribution in [1.82, 2.24) is 14.9 Å². The molecule has 2 aliphatic rings. The Morgan fingerprint density at radius 3 is 2.19 bits per heavy atom. The Balaban J connectivity index is 1.45. The fourth-order valence-corrected chi connectivity index (χ4v) is 4.39. The molecule has 2 aliphatic heterocycles. The number of benzene rings is 2. The molecule has 8 nitrogen and oxygen atoms in total. The second-order valence-electron chi connectivity index (χ2n) is 8.52. The van der Waals surface area contributed by atoms with Crippen molar-refractivity contribution in [2.75, 3.05) is 22.9 Å². The molecule has 0 radical (unpaired) electrons. The van der Waals surface area contributed by atoms with Gasteiger partial charge in [-0.2, -0.15) is 0 Å². The van der Waals surface area contributed by atoms with Gasteiger partial charge in [0.15, 0.2) is 11.6 Å². The second kappa shape index (κ2) is 8.85. The summed E-state index contributed by atoms with van der Waals surface area (Å²) in [6.45, 7) is 1.53. The first kappa shape index (κ1) is 23.1. The maximum absolute atomic E-state index is 15.1. The molecule has 180 valence electrons. The van der Waals surface area contributed by atoms with Crippen LogP contribution in [0.2, 0.25) is 0 Å². The summed E-state index contributed by atoms with van der Waals surface area (Å²) in [5.74, 6) is 1.97. The van der Waals surface area contributed by atoms with E-state index in [1.54, 1.807) is 30.3 Å². The molecule has 3 aromatic rings. The lowest BCUT2D eigenvalue weighted by Gasteiger charge is -2.50. The first-order valence-corrected chi connectivity index (χ1v) is 11.1. The number of hydrogen-bond acceptors (Lipinski definition) is 5. The van der Waals surface area contributed by atoms with E-state index in [9.17, 15) is 14.4 Å². The zero-order valence-electron chi connectivity index (χ0n) is 19.1. The van der Waals surface area contributed by atoms with Gasteiger partial charge in [0.2, 0.25) is 11.9 Å². The van der Waals surface area contributed by atoms with E-state index in [-0.39, 0.29) is 24.6 Å². The molecule has 4 amide bonds. The number of urea groups is 1. The molecule has 1 atom stereocenters. The highest BCUT2D eigenvalue weighted by Gasteiger charge is 2.56. The summed E-state index contributed by atoms with van der Waals surface area (Å²) in [5.41, 5.74) is -1.63. The van der Waals surface area contributed by atoms with Gasteiger partial charge in [-0.3, -0.25) is 14.5 Å². The van der Waals surface area contributed by atoms with Gasteiger partial charge in [0, 0.05) is 36.6 Å². The van der Waals surface area contributed by atoms with E-state index in [2.05, 4.69) is 21.8 Å². The molecule has 0 aliphatic carbocycles. The van der Waals surface area contributed by atoms with Crippen molar-refractivity contribution in [2.24, 2.45) is 0 Å². The molecule has 0 bridgehead atoms. The third kappa shape index (κ3) is 3.84. The number of amides is 4. The maximum atomic E-state index is 15.1. The van der Waals surface area contributed by atoms with Crippen molar-refractivity contribution in [3.8, 4) is 11.8 Å². The number of rotatable bonds is 2. The molecule has 0 spiro atoms. The third-order valence-corrected chi connectivity index (χ3v) is 6.17. The predicted molar refractivity (Wildman–Crippen MR) is 126 cm³/mol. The monoisotopic (exact) mass is 487 g/mol. The molecule has 10 heteroatoms. The summed E-state index contributed by atoms with van der Waals surface area (Å²) in [7, 11) is 0. The van der Waals surface area contributed by atoms with Crippen LogP contribution in [0.1, 0.15) is 24.5 Å². The SMILES string of the molecule is CC12CC(=O)N(c3c(F)cc(C#Cc4ccccc4)cc3F)C(=O)N1CCN(c1ncccn1)C2=O. The van der Waals surface area contributed by atoms with Gasteiger partial charge in [-0.05, 0) is 37.3 Å². The van der Waals surface area contributed by atoms with Crippen LogP contribution in [-0.2, 0) is 9.59 Å². The van der Waals surface area contributed by atoms with Gasteiger partial charge in [0.1, 0.15) is 11.2 Å². The van der Waals surface area contributed by atoms with E-state index in [1.165, 1.54) is 24.2 Å². The average molecular weight is 487 g/mol. The minimum absolute atomic E-state index is 0.0208. The highest BCUT2D eigenvalue weighted by atomic mass is 19.1. The van der Waals surface area contributed by atoms with Gasteiger partial charge in [0.05, 0.1) is 6.42 Å². The van der Waals surface area contributed by atoms with Crippen LogP contribution in [0.4, 0.5) is 25.2 Å². The first-order chi connectivity index (χ1) is 17.3. The fraction of sp³-hybridized carbons (Fsp3) is 0.192. The van der Waals surface area contributed by atoms with Crippen LogP contribution in [0.5, 0.6) is 0 Å². The number of nitrogens with zero attached hydrogens (tertiary/aromatic N) is 5. The van der Waals surface area contributed by atoms with Crippen LogP contribution in [0.15, 0.2) is 60.9 Å². The summed E-state index contributed by atoms with van der Waals surface area (Å²) >= 11 is 0. The lowest BCUT2D eigenvalue weighted by atomic mass is 9.88. The quantitative estimate of drug-likeness (QED) is 0.519. The van der Waals surface area contributed by atoms with Crippen molar-refractivity contribution in [3.63, 3.8) is 0 Å². The zero-order chi connectivity index (χ0) is 25.4. The van der Waals surface area contributed by atoms with Gasteiger partial charge in [0.25, 0.3) is 5.91 Å². The summed E-state index contributed by atoms with van der Waals surface area (Å²) in [4.78, 5) is 50.8. The lowest BCUT2D eigenvalue weighted by Crippen LogP contribution is -2.73. The molecule has 1 unspecified atom stereocenters. The summed E-state index contributed by atoms with van der Waals surface area (Å²) in [5, 5.41) is 0. The van der Waals surface area contributed by atoms with Crippen LogP contribution in [0, 0.1) is 23.5 Å². The Bertz CT molecular complexity index is 1420. The number of aromatic nitrogens is 2. The summed E-state index contributed by atoms with van der Waals surface area (Å²) in [6.07, 6.45) is 2.49. The molecule has 3 heterocycles. The smallest absolute Gasteiger partial charge is 0.307 e. The van der Waals surface area contributed by atoms with Gasteiger partial charge in [-0.25, -0.2) is 28.4 Å². The number of hydrogen-bond donors (Lipinski definition) is 0. The standard InChI is InChI=1S/C26H19F2N5O3/c1-26-16-21(34)33(25(36)32(26)13-12-31(23(26)35)24-29-10-5-11-30-24)22-19(27)14-18(15-20(22)28)9-8-17-6-3-2-4-7-17/h2-7,10-11,14-15H,12-13,16H2,1H3. The average Bonchev–Trinajstić information content (AvgIpc) is 2.86. The van der Waals surface area contributed by atoms with Crippen LogP contribution < -0.4 is 9.80 Å². The lowest BCUT2D eigenvalue weighted by molar-refractivity contribution is -0.137. The number of carbonyl (C=O) groups excluding carboxylic acids is 3. The second-order valence-corrected chi connectivity index (χ2v) is 8.52. The van der Waals surface area contributed by atoms with Crippen molar-refractivity contribution in [1.29, 1.82) is 0 Å². The number of carbonyl (C=O) groups is 3. The third-order valence-electron chi connectivity index (χ3n) is 6.17. The summed E-state index contributed by atoms with van der Waals surface area (Å²) in [6, 6.07) is 11.5. The molecule has 0 saturated carbocycles. The fourth-order valence-electron chi connectivity index (χ4n) is 4.39. The van der Waals surface area contributed by atoms with E-state index < -0.39 is 47.1 Å². The molecule has 0 N–H and O–H groups in total. The van der Waals surface area contributed by atoms with E-state index in [1.807, 2.05) is 6.07 Å². The number of piperazine rings is 1. The summed E-state index contributed by atoms with van der Waals surface area (Å²) < 4.78 is 30.2. The number of fused-ring (bicyclic) bond motifs is 1. The number of anilines is 2. The zero-order valence-corrected chi connectivity index (χ0v) is 19.1. The molecular formula is C26H19F2N5O3. The molecule has 1 aromatic heterocycles. The van der Waals surface area contributed by atoms with Gasteiger partial charge in [-0.1, -0.05) is 30.0 Å². The molecule has 5 rings (SSSR count). The topological polar surface area (TPSA) is 86.7 Å². The normalized spacial score (nSPS) is 19.6. The predicted octanol–water partition coefficient (Wildman–Crippen LogP) is 3.12. The number of imide groups is 1. The van der Waals surface area contributed by atoms with Gasteiger partial charge < -0.3 is 4.90 Å². The van der Waals surface area contributed by atoms with E-state index in [4.69, 9.17) is 0 Å². The first-order valence-electron chi connectivity index (χ1n) is 11.1. The van der Waals surface area contributed by atoms with Crippen LogP contribution in [0.25, 0.3) is 0 Å². The molecule has 2 saturated heterocycles. The minimum atomic E-state index is -1.55. The maximum Gasteiger partial charge on any atom is 0.332 e. The molecular weight excluding hydrogens is 468 g/mol. The van der Waals surface area contributed by atoms with E-state index in [0.29, 0.717) is 10.5 Å². The molecule has 36 heavy (non-hydrogen) atoms. The van der Waals surface area contributed by atoms with E-state index in [0.717, 1.165) is 17.0 Å². The molecule has 2 fully saturated rings. The van der Waals surface area contributed by atoms with Crippen molar-refractivity contribution in [2.45, 2.75) is 18.9 Å². The minimum Gasteiger partial charge on any atom is -0.307 e.